The third-order valence-electron chi connectivity index (χ3n) is 4.20. The second kappa shape index (κ2) is 9.05. The summed E-state index contributed by atoms with van der Waals surface area (Å²) in [6, 6.07) is 10.3. The maximum atomic E-state index is 7.24. The van der Waals surface area contributed by atoms with E-state index >= 15 is 0 Å². The Balaban J connectivity index is 0.000000257. The minimum Gasteiger partial charge on any atom is -0.238 e. The fraction of sp³-hybridized carbons (Fsp3) is 0.391. The Morgan fingerprint density at radius 2 is 1.12 bits per heavy atom. The van der Waals surface area contributed by atoms with Gasteiger partial charge >= 0.3 is 0 Å². The second-order valence-electron chi connectivity index (χ2n) is 7.07. The lowest BCUT2D eigenvalue weighted by Gasteiger charge is -2.14. The molecule has 130 valence electrons. The van der Waals surface area contributed by atoms with E-state index in [1.165, 1.54) is 16.7 Å². The van der Waals surface area contributed by atoms with Crippen LogP contribution in [-0.4, -0.2) is 0 Å². The molecule has 2 heteroatoms. The van der Waals surface area contributed by atoms with Crippen LogP contribution in [0.25, 0.3) is 9.69 Å². The summed E-state index contributed by atoms with van der Waals surface area (Å²) in [7, 11) is 0. The molecule has 0 radical (unpaired) electrons. The van der Waals surface area contributed by atoms with Crippen molar-refractivity contribution in [2.45, 2.75) is 60.3 Å². The topological polar surface area (TPSA) is 8.72 Å². The molecule has 0 fully saturated rings. The SMILES string of the molecule is [C-]#[N+]c1c(C(C)C)cccc1C(C)C.[C-]#[N+]c1c(C)cc(C)cc1C. The van der Waals surface area contributed by atoms with Crippen molar-refractivity contribution >= 4 is 11.4 Å². The molecule has 2 aromatic carbocycles. The van der Waals surface area contributed by atoms with E-state index in [-0.39, 0.29) is 0 Å². The summed E-state index contributed by atoms with van der Waals surface area (Å²) >= 11 is 0. The zero-order chi connectivity index (χ0) is 19.1. The highest BCUT2D eigenvalue weighted by molar-refractivity contribution is 5.61. The van der Waals surface area contributed by atoms with Crippen LogP contribution in [0.3, 0.4) is 0 Å². The molecule has 0 atom stereocenters. The summed E-state index contributed by atoms with van der Waals surface area (Å²) in [6.45, 7) is 28.7. The molecule has 0 heterocycles. The van der Waals surface area contributed by atoms with Crippen LogP contribution in [-0.2, 0) is 0 Å². The highest BCUT2D eigenvalue weighted by atomic mass is 14.7. The van der Waals surface area contributed by atoms with Gasteiger partial charge in [-0.1, -0.05) is 63.6 Å². The van der Waals surface area contributed by atoms with E-state index in [9.17, 15) is 0 Å². The standard InChI is InChI=1S/C13H17N.C10H11N/c1-9(2)11-7-6-8-12(10(3)4)13(11)14-5;1-7-5-8(2)10(11-4)9(3)6-7/h6-10H,1-4H3;5-6H,1-3H3. The number of hydrogen-bond acceptors (Lipinski definition) is 0. The number of aryl methyl sites for hydroxylation is 3. The van der Waals surface area contributed by atoms with Crippen LogP contribution in [0.15, 0.2) is 30.3 Å². The van der Waals surface area contributed by atoms with E-state index in [2.05, 4.69) is 55.6 Å². The average molecular weight is 332 g/mol. The summed E-state index contributed by atoms with van der Waals surface area (Å²) in [5.41, 5.74) is 7.40. The van der Waals surface area contributed by atoms with Crippen molar-refractivity contribution in [3.63, 3.8) is 0 Å². The summed E-state index contributed by atoms with van der Waals surface area (Å²) in [5, 5.41) is 0. The van der Waals surface area contributed by atoms with E-state index in [0.29, 0.717) is 11.8 Å². The van der Waals surface area contributed by atoms with Gasteiger partial charge in [0.05, 0.1) is 13.1 Å². The summed E-state index contributed by atoms with van der Waals surface area (Å²) in [5.74, 6) is 0.857. The van der Waals surface area contributed by atoms with Gasteiger partial charge in [-0.15, -0.1) is 0 Å². The van der Waals surface area contributed by atoms with E-state index in [1.54, 1.807) is 0 Å². The summed E-state index contributed by atoms with van der Waals surface area (Å²) in [4.78, 5) is 7.12. The molecule has 0 N–H and O–H groups in total. The Bertz CT molecular complexity index is 766. The predicted molar refractivity (Wildman–Crippen MR) is 108 cm³/mol. The number of para-hydroxylation sites is 1. The molecule has 0 saturated carbocycles. The minimum atomic E-state index is 0.429. The fourth-order valence-corrected chi connectivity index (χ4v) is 2.99. The summed E-state index contributed by atoms with van der Waals surface area (Å²) in [6.07, 6.45) is 0. The monoisotopic (exact) mass is 332 g/mol. The third kappa shape index (κ3) is 5.20. The van der Waals surface area contributed by atoms with Crippen LogP contribution < -0.4 is 0 Å². The lowest BCUT2D eigenvalue weighted by Crippen LogP contribution is -1.93. The Morgan fingerprint density at radius 3 is 1.44 bits per heavy atom. The maximum Gasteiger partial charge on any atom is 0.194 e. The van der Waals surface area contributed by atoms with Gasteiger partial charge < -0.3 is 0 Å². The Hall–Kier alpha value is -2.58. The van der Waals surface area contributed by atoms with Crippen LogP contribution in [0.4, 0.5) is 11.4 Å². The molecule has 0 bridgehead atoms. The Kier molecular flexibility index (Phi) is 7.41. The highest BCUT2D eigenvalue weighted by Crippen LogP contribution is 2.34. The molecule has 0 spiro atoms. The van der Waals surface area contributed by atoms with Gasteiger partial charge in [0.1, 0.15) is 0 Å². The van der Waals surface area contributed by atoms with Gasteiger partial charge in [-0.2, -0.15) is 0 Å². The fourth-order valence-electron chi connectivity index (χ4n) is 2.99. The van der Waals surface area contributed by atoms with Gasteiger partial charge in [0, 0.05) is 0 Å². The summed E-state index contributed by atoms with van der Waals surface area (Å²) < 4.78 is 0. The predicted octanol–water partition coefficient (Wildman–Crippen LogP) is 7.65. The average Bonchev–Trinajstić information content (AvgIpc) is 2.53. The van der Waals surface area contributed by atoms with Crippen LogP contribution in [0.5, 0.6) is 0 Å². The molecule has 0 aromatic heterocycles. The van der Waals surface area contributed by atoms with Gasteiger partial charge in [-0.05, 0) is 54.9 Å². The van der Waals surface area contributed by atoms with Crippen molar-refractivity contribution in [2.75, 3.05) is 0 Å². The van der Waals surface area contributed by atoms with Gasteiger partial charge in [0.2, 0.25) is 0 Å². The largest absolute Gasteiger partial charge is 0.238 e. The van der Waals surface area contributed by atoms with Crippen molar-refractivity contribution in [1.82, 2.24) is 0 Å². The zero-order valence-corrected chi connectivity index (χ0v) is 16.4. The maximum absolute atomic E-state index is 7.24. The molecular weight excluding hydrogens is 304 g/mol. The van der Waals surface area contributed by atoms with Gasteiger partial charge in [-0.25, -0.2) is 9.69 Å². The molecule has 0 aliphatic rings. The van der Waals surface area contributed by atoms with Gasteiger partial charge in [-0.3, -0.25) is 0 Å². The quantitative estimate of drug-likeness (QED) is 0.499. The first-order valence-electron chi connectivity index (χ1n) is 8.68. The molecule has 0 aliphatic heterocycles. The van der Waals surface area contributed by atoms with Crippen molar-refractivity contribution in [3.05, 3.63) is 81.0 Å². The highest BCUT2D eigenvalue weighted by Gasteiger charge is 2.12. The first-order valence-corrected chi connectivity index (χ1v) is 8.68. The van der Waals surface area contributed by atoms with Gasteiger partial charge in [0.15, 0.2) is 11.4 Å². The van der Waals surface area contributed by atoms with E-state index in [0.717, 1.165) is 22.5 Å². The van der Waals surface area contributed by atoms with E-state index in [1.807, 2.05) is 32.9 Å². The Morgan fingerprint density at radius 1 is 0.720 bits per heavy atom. The first kappa shape index (κ1) is 20.5. The smallest absolute Gasteiger partial charge is 0.194 e. The molecule has 2 nitrogen and oxygen atoms in total. The molecule has 0 amide bonds. The number of nitrogens with zero attached hydrogens (tertiary/aromatic N) is 2. The van der Waals surface area contributed by atoms with E-state index < -0.39 is 0 Å². The zero-order valence-electron chi connectivity index (χ0n) is 16.4. The lowest BCUT2D eigenvalue weighted by atomic mass is 9.93. The van der Waals surface area contributed by atoms with Gasteiger partial charge in [0.25, 0.3) is 0 Å². The normalized spacial score (nSPS) is 10.0. The third-order valence-corrected chi connectivity index (χ3v) is 4.20. The molecule has 0 aliphatic carbocycles. The van der Waals surface area contributed by atoms with Crippen molar-refractivity contribution in [3.8, 4) is 0 Å². The van der Waals surface area contributed by atoms with Crippen molar-refractivity contribution in [1.29, 1.82) is 0 Å². The van der Waals surface area contributed by atoms with E-state index in [4.69, 9.17) is 13.1 Å². The van der Waals surface area contributed by atoms with Crippen LogP contribution >= 0.6 is 0 Å². The molecular formula is C23H28N2. The van der Waals surface area contributed by atoms with Crippen molar-refractivity contribution in [2.24, 2.45) is 0 Å². The minimum absolute atomic E-state index is 0.429. The lowest BCUT2D eigenvalue weighted by molar-refractivity contribution is 0.842. The number of hydrogen-bond donors (Lipinski definition) is 0. The van der Waals surface area contributed by atoms with Crippen LogP contribution in [0.2, 0.25) is 0 Å². The molecule has 0 unspecified atom stereocenters. The van der Waals surface area contributed by atoms with Crippen LogP contribution in [0, 0.1) is 33.9 Å². The Labute approximate surface area is 153 Å². The molecule has 2 aromatic rings. The molecule has 0 saturated heterocycles. The number of benzene rings is 2. The van der Waals surface area contributed by atoms with Crippen LogP contribution in [0.1, 0.15) is 67.3 Å². The molecule has 25 heavy (non-hydrogen) atoms. The van der Waals surface area contributed by atoms with Crippen molar-refractivity contribution < 1.29 is 0 Å². The molecule has 2 rings (SSSR count). The second-order valence-corrected chi connectivity index (χ2v) is 7.07. The first-order chi connectivity index (χ1) is 11.7. The number of rotatable bonds is 2.